The number of nitrogens with one attached hydrogen (secondary N) is 2. The van der Waals surface area contributed by atoms with Crippen molar-refractivity contribution in [3.8, 4) is 0 Å². The van der Waals surface area contributed by atoms with Gasteiger partial charge in [0.1, 0.15) is 0 Å². The molecule has 1 aliphatic rings. The fourth-order valence-electron chi connectivity index (χ4n) is 3.26. The fraction of sp³-hybridized carbons (Fsp3) is 0.333. The first-order chi connectivity index (χ1) is 13.6. The minimum atomic E-state index is -0.145. The van der Waals surface area contributed by atoms with E-state index in [-0.39, 0.29) is 17.8 Å². The van der Waals surface area contributed by atoms with E-state index in [9.17, 15) is 9.59 Å². The number of quaternary nitrogens is 1. The number of methoxy groups -OCH3 is 1. The van der Waals surface area contributed by atoms with Crippen LogP contribution in [0.4, 0.5) is 17.1 Å². The number of likely N-dealkylation sites (tertiary alicyclic amines) is 1. The van der Waals surface area contributed by atoms with Gasteiger partial charge in [-0.25, -0.2) is 0 Å². The Bertz CT molecular complexity index is 813. The Morgan fingerprint density at radius 1 is 1.00 bits per heavy atom. The minimum Gasteiger partial charge on any atom is -0.469 e. The van der Waals surface area contributed by atoms with Crippen LogP contribution in [-0.4, -0.2) is 38.6 Å². The van der Waals surface area contributed by atoms with Crippen LogP contribution in [-0.2, 0) is 14.3 Å². The molecular weight excluding hydrogens is 356 g/mol. The lowest BCUT2D eigenvalue weighted by Crippen LogP contribution is -3.14. The molecule has 0 aromatic heterocycles. The molecule has 2 N–H and O–H groups in total. The number of rotatable bonds is 6. The molecular formula is C21H25N4O3+. The van der Waals surface area contributed by atoms with Gasteiger partial charge in [0.2, 0.25) is 0 Å². The predicted molar refractivity (Wildman–Crippen MR) is 106 cm³/mol. The molecule has 1 saturated heterocycles. The number of piperidine rings is 1. The second-order valence-electron chi connectivity index (χ2n) is 6.85. The number of hydrogen-bond donors (Lipinski definition) is 2. The fourth-order valence-corrected chi connectivity index (χ4v) is 3.26. The van der Waals surface area contributed by atoms with Gasteiger partial charge in [-0.1, -0.05) is 18.2 Å². The maximum absolute atomic E-state index is 12.3. The molecule has 0 unspecified atom stereocenters. The summed E-state index contributed by atoms with van der Waals surface area (Å²) in [5.41, 5.74) is 2.24. The van der Waals surface area contributed by atoms with Crippen LogP contribution >= 0.6 is 0 Å². The number of anilines is 1. The van der Waals surface area contributed by atoms with Gasteiger partial charge in [-0.05, 0) is 36.4 Å². The second-order valence-corrected chi connectivity index (χ2v) is 6.85. The molecule has 0 bridgehead atoms. The summed E-state index contributed by atoms with van der Waals surface area (Å²) < 4.78 is 4.80. The molecule has 2 aromatic carbocycles. The van der Waals surface area contributed by atoms with Crippen LogP contribution in [0.5, 0.6) is 0 Å². The summed E-state index contributed by atoms with van der Waals surface area (Å²) in [7, 11) is 1.42. The van der Waals surface area contributed by atoms with E-state index in [1.54, 1.807) is 0 Å². The Labute approximate surface area is 164 Å². The summed E-state index contributed by atoms with van der Waals surface area (Å²) in [5.74, 6) is -0.215. The highest BCUT2D eigenvalue weighted by Crippen LogP contribution is 2.20. The average molecular weight is 381 g/mol. The van der Waals surface area contributed by atoms with Crippen molar-refractivity contribution in [1.29, 1.82) is 0 Å². The molecule has 1 amide bonds. The van der Waals surface area contributed by atoms with Crippen molar-refractivity contribution in [2.75, 3.05) is 32.1 Å². The number of benzene rings is 2. The van der Waals surface area contributed by atoms with Crippen molar-refractivity contribution in [1.82, 2.24) is 0 Å². The molecule has 0 spiro atoms. The van der Waals surface area contributed by atoms with Gasteiger partial charge in [0.15, 0.2) is 6.54 Å². The van der Waals surface area contributed by atoms with Gasteiger partial charge in [-0.15, -0.1) is 0 Å². The Balaban J connectivity index is 1.46. The lowest BCUT2D eigenvalue weighted by molar-refractivity contribution is -0.897. The van der Waals surface area contributed by atoms with Crippen molar-refractivity contribution >= 4 is 28.9 Å². The first-order valence-electron chi connectivity index (χ1n) is 9.42. The van der Waals surface area contributed by atoms with Crippen LogP contribution in [0.25, 0.3) is 0 Å². The Morgan fingerprint density at radius 2 is 1.61 bits per heavy atom. The van der Waals surface area contributed by atoms with E-state index in [1.165, 1.54) is 12.0 Å². The first-order valence-corrected chi connectivity index (χ1v) is 9.42. The topological polar surface area (TPSA) is 84.6 Å². The summed E-state index contributed by atoms with van der Waals surface area (Å²) in [6, 6.07) is 16.8. The lowest BCUT2D eigenvalue weighted by atomic mass is 9.97. The monoisotopic (exact) mass is 381 g/mol. The van der Waals surface area contributed by atoms with Gasteiger partial charge in [0.25, 0.3) is 5.91 Å². The third-order valence-electron chi connectivity index (χ3n) is 4.83. The second kappa shape index (κ2) is 9.75. The SMILES string of the molecule is COC(=O)C1CC[NH+](CC(=O)Nc2ccc(N=Nc3ccccc3)cc2)CC1. The van der Waals surface area contributed by atoms with Crippen molar-refractivity contribution in [3.63, 3.8) is 0 Å². The molecule has 1 fully saturated rings. The molecule has 1 heterocycles. The zero-order chi connectivity index (χ0) is 19.8. The van der Waals surface area contributed by atoms with Crippen molar-refractivity contribution in [2.24, 2.45) is 16.1 Å². The van der Waals surface area contributed by atoms with E-state index in [0.717, 1.165) is 43.0 Å². The van der Waals surface area contributed by atoms with Crippen LogP contribution in [0.1, 0.15) is 12.8 Å². The third-order valence-corrected chi connectivity index (χ3v) is 4.83. The summed E-state index contributed by atoms with van der Waals surface area (Å²) in [4.78, 5) is 25.0. The van der Waals surface area contributed by atoms with Crippen molar-refractivity contribution < 1.29 is 19.2 Å². The zero-order valence-corrected chi connectivity index (χ0v) is 15.9. The molecule has 146 valence electrons. The van der Waals surface area contributed by atoms with Gasteiger partial charge < -0.3 is 15.0 Å². The Kier molecular flexibility index (Phi) is 6.86. The first kappa shape index (κ1) is 19.7. The van der Waals surface area contributed by atoms with Crippen molar-refractivity contribution in [3.05, 3.63) is 54.6 Å². The lowest BCUT2D eigenvalue weighted by Gasteiger charge is -2.27. The summed E-state index contributed by atoms with van der Waals surface area (Å²) in [6.45, 7) is 1.99. The molecule has 0 atom stereocenters. The van der Waals surface area contributed by atoms with E-state index >= 15 is 0 Å². The maximum Gasteiger partial charge on any atom is 0.309 e. The van der Waals surface area contributed by atoms with Crippen LogP contribution in [0, 0.1) is 5.92 Å². The quantitative estimate of drug-likeness (QED) is 0.596. The molecule has 0 aliphatic carbocycles. The van der Waals surface area contributed by atoms with Gasteiger partial charge >= 0.3 is 5.97 Å². The van der Waals surface area contributed by atoms with Gasteiger partial charge in [0.05, 0.1) is 37.5 Å². The minimum absolute atomic E-state index is 0.0330. The molecule has 0 radical (unpaired) electrons. The largest absolute Gasteiger partial charge is 0.469 e. The van der Waals surface area contributed by atoms with E-state index in [2.05, 4.69) is 15.5 Å². The molecule has 7 nitrogen and oxygen atoms in total. The Hall–Kier alpha value is -3.06. The summed E-state index contributed by atoms with van der Waals surface area (Å²) >= 11 is 0. The van der Waals surface area contributed by atoms with Crippen LogP contribution in [0.3, 0.4) is 0 Å². The van der Waals surface area contributed by atoms with Gasteiger partial charge in [-0.3, -0.25) is 9.59 Å². The molecule has 3 rings (SSSR count). The third kappa shape index (κ3) is 5.72. The Morgan fingerprint density at radius 3 is 2.21 bits per heavy atom. The summed E-state index contributed by atoms with van der Waals surface area (Å²) in [6.07, 6.45) is 1.52. The molecule has 7 heteroatoms. The number of ether oxygens (including phenoxy) is 1. The van der Waals surface area contributed by atoms with E-state index in [4.69, 9.17) is 4.74 Å². The maximum atomic E-state index is 12.3. The molecule has 28 heavy (non-hydrogen) atoms. The number of carbonyl (C=O) groups excluding carboxylic acids is 2. The normalized spacial score (nSPS) is 19.3. The summed E-state index contributed by atoms with van der Waals surface area (Å²) in [5, 5.41) is 11.3. The number of hydrogen-bond acceptors (Lipinski definition) is 5. The highest BCUT2D eigenvalue weighted by molar-refractivity contribution is 5.91. The molecule has 0 saturated carbocycles. The average Bonchev–Trinajstić information content (AvgIpc) is 2.74. The van der Waals surface area contributed by atoms with Crippen LogP contribution in [0.15, 0.2) is 64.8 Å². The van der Waals surface area contributed by atoms with Gasteiger partial charge in [-0.2, -0.15) is 10.2 Å². The van der Waals surface area contributed by atoms with Gasteiger partial charge in [0, 0.05) is 18.5 Å². The van der Waals surface area contributed by atoms with Crippen molar-refractivity contribution in [2.45, 2.75) is 12.8 Å². The predicted octanol–water partition coefficient (Wildman–Crippen LogP) is 2.51. The highest BCUT2D eigenvalue weighted by atomic mass is 16.5. The van der Waals surface area contributed by atoms with E-state index in [1.807, 2.05) is 54.6 Å². The van der Waals surface area contributed by atoms with E-state index < -0.39 is 0 Å². The number of amides is 1. The standard InChI is InChI=1S/C21H24N4O3/c1-28-21(27)16-11-13-25(14-12-16)15-20(26)22-17-7-9-19(10-8-17)24-23-18-5-3-2-4-6-18/h2-10,16H,11-15H2,1H3,(H,22,26)/p+1. The van der Waals surface area contributed by atoms with Crippen LogP contribution in [0.2, 0.25) is 0 Å². The van der Waals surface area contributed by atoms with Crippen LogP contribution < -0.4 is 10.2 Å². The molecule has 2 aromatic rings. The highest BCUT2D eigenvalue weighted by Gasteiger charge is 2.28. The molecule has 1 aliphatic heterocycles. The smallest absolute Gasteiger partial charge is 0.309 e. The number of carbonyl (C=O) groups is 2. The number of esters is 1. The number of azo groups is 1. The zero-order valence-electron chi connectivity index (χ0n) is 15.9. The number of nitrogens with zero attached hydrogens (tertiary/aromatic N) is 2. The van der Waals surface area contributed by atoms with E-state index in [0.29, 0.717) is 6.54 Å².